The molecule has 1 unspecified atom stereocenters. The Morgan fingerprint density at radius 1 is 1.40 bits per heavy atom. The van der Waals surface area contributed by atoms with E-state index < -0.39 is 0 Å². The molecule has 2 N–H and O–H groups in total. The van der Waals surface area contributed by atoms with Crippen molar-refractivity contribution in [3.8, 4) is 0 Å². The van der Waals surface area contributed by atoms with Crippen molar-refractivity contribution >= 4 is 26.9 Å². The highest BCUT2D eigenvalue weighted by atomic mass is 79.9. The highest BCUT2D eigenvalue weighted by Crippen LogP contribution is 2.30. The van der Waals surface area contributed by atoms with Crippen molar-refractivity contribution in [2.24, 2.45) is 5.73 Å². The minimum absolute atomic E-state index is 0.291. The third kappa shape index (κ3) is 2.27. The molecule has 0 spiro atoms. The number of furan rings is 1. The predicted molar refractivity (Wildman–Crippen MR) is 82.6 cm³/mol. The average molecular weight is 334 g/mol. The van der Waals surface area contributed by atoms with Gasteiger partial charge in [-0.25, -0.2) is 0 Å². The van der Waals surface area contributed by atoms with E-state index in [1.807, 2.05) is 42.9 Å². The molecule has 3 aromatic rings. The lowest BCUT2D eigenvalue weighted by atomic mass is 10.1. The van der Waals surface area contributed by atoms with Crippen LogP contribution >= 0.6 is 15.9 Å². The molecule has 0 saturated carbocycles. The van der Waals surface area contributed by atoms with Crippen LogP contribution in [0.25, 0.3) is 11.0 Å². The predicted octanol–water partition coefficient (Wildman–Crippen LogP) is 3.77. The van der Waals surface area contributed by atoms with E-state index >= 15 is 0 Å². The quantitative estimate of drug-likeness (QED) is 0.793. The lowest BCUT2D eigenvalue weighted by Crippen LogP contribution is -2.10. The molecule has 4 nitrogen and oxygen atoms in total. The van der Waals surface area contributed by atoms with E-state index in [1.165, 1.54) is 0 Å². The van der Waals surface area contributed by atoms with Gasteiger partial charge in [-0.3, -0.25) is 4.68 Å². The second kappa shape index (κ2) is 5.07. The first-order valence-electron chi connectivity index (χ1n) is 6.56. The summed E-state index contributed by atoms with van der Waals surface area (Å²) in [5.74, 6) is 0.761. The maximum atomic E-state index is 6.28. The van der Waals surface area contributed by atoms with Crippen molar-refractivity contribution < 1.29 is 4.42 Å². The van der Waals surface area contributed by atoms with Gasteiger partial charge in [-0.15, -0.1) is 0 Å². The normalized spacial score (nSPS) is 13.0. The summed E-state index contributed by atoms with van der Waals surface area (Å²) in [5, 5.41) is 5.31. The van der Waals surface area contributed by atoms with Gasteiger partial charge in [0, 0.05) is 28.2 Å². The molecule has 20 heavy (non-hydrogen) atoms. The largest absolute Gasteiger partial charge is 0.459 e. The van der Waals surface area contributed by atoms with E-state index in [1.54, 1.807) is 6.20 Å². The molecule has 0 aliphatic heterocycles. The summed E-state index contributed by atoms with van der Waals surface area (Å²) in [6.45, 7) is 4.91. The molecule has 0 amide bonds. The highest BCUT2D eigenvalue weighted by Gasteiger charge is 2.17. The van der Waals surface area contributed by atoms with Gasteiger partial charge in [0.1, 0.15) is 11.3 Å². The molecular formula is C15H16BrN3O. The molecule has 0 aliphatic carbocycles. The van der Waals surface area contributed by atoms with Gasteiger partial charge in [0.15, 0.2) is 0 Å². The molecule has 2 aromatic heterocycles. The Kier molecular flexibility index (Phi) is 3.40. The molecule has 0 fully saturated rings. The van der Waals surface area contributed by atoms with Gasteiger partial charge in [-0.05, 0) is 37.6 Å². The Balaban J connectivity index is 2.03. The fourth-order valence-corrected chi connectivity index (χ4v) is 2.92. The molecule has 1 atom stereocenters. The van der Waals surface area contributed by atoms with Crippen molar-refractivity contribution in [1.82, 2.24) is 9.78 Å². The summed E-state index contributed by atoms with van der Waals surface area (Å²) < 4.78 is 8.83. The van der Waals surface area contributed by atoms with Gasteiger partial charge < -0.3 is 10.2 Å². The van der Waals surface area contributed by atoms with Crippen molar-refractivity contribution in [2.75, 3.05) is 0 Å². The lowest BCUT2D eigenvalue weighted by Gasteiger charge is -2.04. The second-order valence-electron chi connectivity index (χ2n) is 4.90. The maximum Gasteiger partial charge on any atom is 0.137 e. The number of hydrogen-bond donors (Lipinski definition) is 1. The molecular weight excluding hydrogens is 318 g/mol. The second-order valence-corrected chi connectivity index (χ2v) is 5.81. The number of rotatable bonds is 3. The molecule has 5 heteroatoms. The van der Waals surface area contributed by atoms with Crippen molar-refractivity contribution in [3.05, 3.63) is 52.0 Å². The van der Waals surface area contributed by atoms with Crippen molar-refractivity contribution in [3.63, 3.8) is 0 Å². The number of aryl methyl sites for hydroxylation is 2. The monoisotopic (exact) mass is 333 g/mol. The van der Waals surface area contributed by atoms with E-state index in [4.69, 9.17) is 10.2 Å². The maximum absolute atomic E-state index is 6.28. The zero-order chi connectivity index (χ0) is 14.3. The molecule has 0 saturated heterocycles. The van der Waals surface area contributed by atoms with Gasteiger partial charge in [-0.2, -0.15) is 5.10 Å². The first-order chi connectivity index (χ1) is 9.58. The molecule has 2 heterocycles. The molecule has 3 rings (SSSR count). The Morgan fingerprint density at radius 2 is 2.20 bits per heavy atom. The molecule has 0 aliphatic rings. The van der Waals surface area contributed by atoms with Gasteiger partial charge in [-0.1, -0.05) is 15.9 Å². The van der Waals surface area contributed by atoms with Gasteiger partial charge in [0.25, 0.3) is 0 Å². The Labute approximate surface area is 125 Å². The lowest BCUT2D eigenvalue weighted by molar-refractivity contribution is 0.523. The van der Waals surface area contributed by atoms with E-state index in [2.05, 4.69) is 21.0 Å². The topological polar surface area (TPSA) is 57.0 Å². The summed E-state index contributed by atoms with van der Waals surface area (Å²) in [7, 11) is 0. The number of hydrogen-bond acceptors (Lipinski definition) is 3. The summed E-state index contributed by atoms with van der Waals surface area (Å²) in [6, 6.07) is 5.79. The van der Waals surface area contributed by atoms with Crippen LogP contribution in [-0.2, 0) is 6.54 Å². The summed E-state index contributed by atoms with van der Waals surface area (Å²) >= 11 is 3.50. The zero-order valence-electron chi connectivity index (χ0n) is 11.4. The van der Waals surface area contributed by atoms with Crippen LogP contribution in [-0.4, -0.2) is 9.78 Å². The third-order valence-corrected chi connectivity index (χ3v) is 3.89. The van der Waals surface area contributed by atoms with E-state index in [-0.39, 0.29) is 6.04 Å². The Hall–Kier alpha value is -1.59. The fourth-order valence-electron chi connectivity index (χ4n) is 2.33. The van der Waals surface area contributed by atoms with Crippen LogP contribution in [0, 0.1) is 6.92 Å². The molecule has 104 valence electrons. The molecule has 0 radical (unpaired) electrons. The SMILES string of the molecule is CCn1cc(C(N)c2cc3cc(Br)cc(C)c3o2)cn1. The number of benzene rings is 1. The standard InChI is InChI=1S/C15H16BrN3O/c1-3-19-8-11(7-18-19)14(17)13-6-10-5-12(16)4-9(2)15(10)20-13/h4-8,14H,3,17H2,1-2H3. The minimum atomic E-state index is -0.291. The summed E-state index contributed by atoms with van der Waals surface area (Å²) in [6.07, 6.45) is 3.75. The van der Waals surface area contributed by atoms with Crippen LogP contribution in [0.5, 0.6) is 0 Å². The van der Waals surface area contributed by atoms with Crippen molar-refractivity contribution in [2.45, 2.75) is 26.4 Å². The van der Waals surface area contributed by atoms with Crippen LogP contribution in [0.3, 0.4) is 0 Å². The van der Waals surface area contributed by atoms with Crippen molar-refractivity contribution in [1.29, 1.82) is 0 Å². The van der Waals surface area contributed by atoms with Crippen LogP contribution < -0.4 is 5.73 Å². The van der Waals surface area contributed by atoms with Crippen LogP contribution in [0.4, 0.5) is 0 Å². The average Bonchev–Trinajstić information content (AvgIpc) is 3.03. The number of fused-ring (bicyclic) bond motifs is 1. The van der Waals surface area contributed by atoms with E-state index in [9.17, 15) is 0 Å². The first kappa shape index (κ1) is 13.4. The zero-order valence-corrected chi connectivity index (χ0v) is 13.0. The summed E-state index contributed by atoms with van der Waals surface area (Å²) in [5.41, 5.74) is 9.22. The minimum Gasteiger partial charge on any atom is -0.459 e. The first-order valence-corrected chi connectivity index (χ1v) is 7.35. The Bertz CT molecular complexity index is 760. The Morgan fingerprint density at radius 3 is 2.90 bits per heavy atom. The van der Waals surface area contributed by atoms with Crippen LogP contribution in [0.2, 0.25) is 0 Å². The smallest absolute Gasteiger partial charge is 0.137 e. The van der Waals surface area contributed by atoms with Crippen LogP contribution in [0.15, 0.2) is 39.5 Å². The number of halogens is 1. The van der Waals surface area contributed by atoms with E-state index in [0.29, 0.717) is 0 Å². The number of aromatic nitrogens is 2. The number of nitrogens with two attached hydrogens (primary N) is 1. The van der Waals surface area contributed by atoms with E-state index in [0.717, 1.165) is 38.9 Å². The number of nitrogens with zero attached hydrogens (tertiary/aromatic N) is 2. The fraction of sp³-hybridized carbons (Fsp3) is 0.267. The van der Waals surface area contributed by atoms with Gasteiger partial charge >= 0.3 is 0 Å². The van der Waals surface area contributed by atoms with Gasteiger partial charge in [0.2, 0.25) is 0 Å². The molecule has 1 aromatic carbocycles. The molecule has 0 bridgehead atoms. The highest BCUT2D eigenvalue weighted by molar-refractivity contribution is 9.10. The van der Waals surface area contributed by atoms with Gasteiger partial charge in [0.05, 0.1) is 12.2 Å². The third-order valence-electron chi connectivity index (χ3n) is 3.43. The van der Waals surface area contributed by atoms with Crippen LogP contribution in [0.1, 0.15) is 29.9 Å². The summed E-state index contributed by atoms with van der Waals surface area (Å²) in [4.78, 5) is 0.